The average molecular weight is 410 g/mol. The van der Waals surface area contributed by atoms with Gasteiger partial charge in [0.05, 0.1) is 22.9 Å². The van der Waals surface area contributed by atoms with E-state index >= 15 is 0 Å². The molecule has 6 heteroatoms. The zero-order valence-electron chi connectivity index (χ0n) is 11.4. The van der Waals surface area contributed by atoms with E-state index in [9.17, 15) is 0 Å². The first-order chi connectivity index (χ1) is 10.1. The van der Waals surface area contributed by atoms with Crippen molar-refractivity contribution in [2.45, 2.75) is 12.5 Å². The highest BCUT2D eigenvalue weighted by Gasteiger charge is 2.16. The first-order valence-corrected chi connectivity index (χ1v) is 8.12. The number of hydrogen-bond donors (Lipinski definition) is 1. The van der Waals surface area contributed by atoms with Crippen LogP contribution in [0.25, 0.3) is 10.9 Å². The van der Waals surface area contributed by atoms with Crippen molar-refractivity contribution in [2.75, 3.05) is 0 Å². The predicted molar refractivity (Wildman–Crippen MR) is 91.0 cm³/mol. The van der Waals surface area contributed by atoms with Gasteiger partial charge in [0, 0.05) is 34.0 Å². The predicted octanol–water partition coefficient (Wildman–Crippen LogP) is 3.74. The minimum atomic E-state index is -0.203. The molecule has 0 radical (unpaired) electrons. The summed E-state index contributed by atoms with van der Waals surface area (Å²) in [5.41, 5.74) is 9.27. The van der Waals surface area contributed by atoms with Crippen LogP contribution in [0, 0.1) is 0 Å². The number of halogens is 2. The second-order valence-electron chi connectivity index (χ2n) is 4.92. The molecule has 0 saturated heterocycles. The number of aromatic nitrogens is 3. The minimum absolute atomic E-state index is 0.203. The molecule has 1 unspecified atom stereocenters. The summed E-state index contributed by atoms with van der Waals surface area (Å²) in [5.74, 6) is 0. The molecule has 0 aliphatic heterocycles. The molecular weight excluding hydrogens is 396 g/mol. The summed E-state index contributed by atoms with van der Waals surface area (Å²) < 4.78 is 3.72. The zero-order chi connectivity index (χ0) is 15.0. The third kappa shape index (κ3) is 2.88. The first-order valence-electron chi connectivity index (χ1n) is 6.53. The zero-order valence-corrected chi connectivity index (χ0v) is 14.6. The molecule has 2 heterocycles. The van der Waals surface area contributed by atoms with Crippen molar-refractivity contribution in [1.82, 2.24) is 14.8 Å². The van der Waals surface area contributed by atoms with E-state index in [1.54, 1.807) is 6.20 Å². The van der Waals surface area contributed by atoms with Crippen LogP contribution in [-0.4, -0.2) is 14.8 Å². The Kier molecular flexibility index (Phi) is 4.10. The summed E-state index contributed by atoms with van der Waals surface area (Å²) in [5, 5.41) is 5.73. The van der Waals surface area contributed by atoms with Gasteiger partial charge in [-0.25, -0.2) is 0 Å². The first kappa shape index (κ1) is 14.7. The summed E-state index contributed by atoms with van der Waals surface area (Å²) in [4.78, 5) is 4.41. The number of para-hydroxylation sites is 1. The van der Waals surface area contributed by atoms with Gasteiger partial charge in [0.25, 0.3) is 0 Å². The van der Waals surface area contributed by atoms with Gasteiger partial charge in [0.2, 0.25) is 0 Å². The van der Waals surface area contributed by atoms with Gasteiger partial charge >= 0.3 is 0 Å². The number of aryl methyl sites for hydroxylation is 1. The third-order valence-corrected chi connectivity index (χ3v) is 4.50. The molecule has 21 heavy (non-hydrogen) atoms. The lowest BCUT2D eigenvalue weighted by Gasteiger charge is -2.12. The molecule has 0 saturated carbocycles. The summed E-state index contributed by atoms with van der Waals surface area (Å²) in [6.07, 6.45) is 2.41. The highest BCUT2D eigenvalue weighted by molar-refractivity contribution is 9.11. The SMILES string of the molecule is Cn1nc(CC(N)c2ncc(Br)cc2Br)c2ccccc21. The largest absolute Gasteiger partial charge is 0.322 e. The van der Waals surface area contributed by atoms with Gasteiger partial charge in [-0.1, -0.05) is 18.2 Å². The number of nitrogens with zero attached hydrogens (tertiary/aromatic N) is 3. The van der Waals surface area contributed by atoms with Gasteiger partial charge in [-0.2, -0.15) is 5.10 Å². The van der Waals surface area contributed by atoms with E-state index in [0.717, 1.165) is 31.2 Å². The van der Waals surface area contributed by atoms with Crippen LogP contribution in [0.2, 0.25) is 0 Å². The Labute approximate surface area is 139 Å². The Bertz CT molecular complexity index is 797. The van der Waals surface area contributed by atoms with E-state index in [2.05, 4.69) is 54.1 Å². The van der Waals surface area contributed by atoms with Gasteiger partial charge in [0.15, 0.2) is 0 Å². The molecule has 2 N–H and O–H groups in total. The maximum absolute atomic E-state index is 6.32. The van der Waals surface area contributed by atoms with Crippen LogP contribution in [-0.2, 0) is 13.5 Å². The van der Waals surface area contributed by atoms with Crippen LogP contribution in [0.4, 0.5) is 0 Å². The number of hydrogen-bond acceptors (Lipinski definition) is 3. The van der Waals surface area contributed by atoms with Crippen molar-refractivity contribution in [1.29, 1.82) is 0 Å². The molecule has 108 valence electrons. The minimum Gasteiger partial charge on any atom is -0.322 e. The van der Waals surface area contributed by atoms with Crippen molar-refractivity contribution in [3.63, 3.8) is 0 Å². The van der Waals surface area contributed by atoms with Gasteiger partial charge in [-0.05, 0) is 44.0 Å². The van der Waals surface area contributed by atoms with Crippen LogP contribution < -0.4 is 5.73 Å². The number of pyridine rings is 1. The van der Waals surface area contributed by atoms with E-state index in [1.165, 1.54) is 0 Å². The summed E-state index contributed by atoms with van der Waals surface area (Å²) >= 11 is 6.92. The maximum atomic E-state index is 6.32. The molecule has 1 atom stereocenters. The van der Waals surface area contributed by atoms with Crippen LogP contribution in [0.5, 0.6) is 0 Å². The molecule has 4 nitrogen and oxygen atoms in total. The van der Waals surface area contributed by atoms with E-state index in [0.29, 0.717) is 6.42 Å². The number of nitrogens with two attached hydrogens (primary N) is 1. The quantitative estimate of drug-likeness (QED) is 0.716. The second-order valence-corrected chi connectivity index (χ2v) is 6.69. The van der Waals surface area contributed by atoms with E-state index in [1.807, 2.05) is 29.9 Å². The normalized spacial score (nSPS) is 12.8. The average Bonchev–Trinajstić information content (AvgIpc) is 2.76. The third-order valence-electron chi connectivity index (χ3n) is 3.44. The number of rotatable bonds is 3. The molecule has 0 fully saturated rings. The molecule has 0 spiro atoms. The van der Waals surface area contributed by atoms with Crippen molar-refractivity contribution in [2.24, 2.45) is 12.8 Å². The number of fused-ring (bicyclic) bond motifs is 1. The Morgan fingerprint density at radius 3 is 2.81 bits per heavy atom. The topological polar surface area (TPSA) is 56.7 Å². The van der Waals surface area contributed by atoms with Crippen LogP contribution in [0.15, 0.2) is 45.5 Å². The Morgan fingerprint density at radius 1 is 1.29 bits per heavy atom. The van der Waals surface area contributed by atoms with Crippen molar-refractivity contribution in [3.8, 4) is 0 Å². The van der Waals surface area contributed by atoms with Gasteiger partial charge in [-0.15, -0.1) is 0 Å². The van der Waals surface area contributed by atoms with Crippen LogP contribution in [0.3, 0.4) is 0 Å². The molecule has 1 aromatic carbocycles. The Balaban J connectivity index is 1.94. The monoisotopic (exact) mass is 408 g/mol. The van der Waals surface area contributed by atoms with Gasteiger partial charge in [-0.3, -0.25) is 9.67 Å². The number of benzene rings is 1. The Morgan fingerprint density at radius 2 is 2.05 bits per heavy atom. The van der Waals surface area contributed by atoms with E-state index in [-0.39, 0.29) is 6.04 Å². The molecule has 2 aromatic heterocycles. The lowest BCUT2D eigenvalue weighted by atomic mass is 10.1. The highest BCUT2D eigenvalue weighted by atomic mass is 79.9. The molecule has 3 aromatic rings. The fraction of sp³-hybridized carbons (Fsp3) is 0.200. The molecular formula is C15H14Br2N4. The van der Waals surface area contributed by atoms with Crippen molar-refractivity contribution >= 4 is 42.8 Å². The molecule has 0 amide bonds. The summed E-state index contributed by atoms with van der Waals surface area (Å²) in [6.45, 7) is 0. The molecule has 3 rings (SSSR count). The maximum Gasteiger partial charge on any atom is 0.0722 e. The van der Waals surface area contributed by atoms with Gasteiger partial charge < -0.3 is 5.73 Å². The lowest BCUT2D eigenvalue weighted by Crippen LogP contribution is -2.16. The highest BCUT2D eigenvalue weighted by Crippen LogP contribution is 2.27. The van der Waals surface area contributed by atoms with Gasteiger partial charge in [0.1, 0.15) is 0 Å². The summed E-state index contributed by atoms with van der Waals surface area (Å²) in [7, 11) is 1.95. The smallest absolute Gasteiger partial charge is 0.0722 e. The van der Waals surface area contributed by atoms with Crippen LogP contribution >= 0.6 is 31.9 Å². The molecule has 0 aliphatic carbocycles. The van der Waals surface area contributed by atoms with E-state index < -0.39 is 0 Å². The standard InChI is InChI=1S/C15H14Br2N4/c1-21-14-5-3-2-4-10(14)13(20-21)7-12(18)15-11(17)6-9(16)8-19-15/h2-6,8,12H,7,18H2,1H3. The molecule has 0 aliphatic rings. The fourth-order valence-corrected chi connectivity index (χ4v) is 3.72. The Hall–Kier alpha value is -1.24. The van der Waals surface area contributed by atoms with Crippen LogP contribution in [0.1, 0.15) is 17.4 Å². The second kappa shape index (κ2) is 5.87. The molecule has 0 bridgehead atoms. The van der Waals surface area contributed by atoms with Crippen molar-refractivity contribution in [3.05, 3.63) is 56.9 Å². The van der Waals surface area contributed by atoms with Crippen molar-refractivity contribution < 1.29 is 0 Å². The summed E-state index contributed by atoms with van der Waals surface area (Å²) in [6, 6.07) is 9.93. The lowest BCUT2D eigenvalue weighted by molar-refractivity contribution is 0.662. The fourth-order valence-electron chi connectivity index (χ4n) is 2.44. The van der Waals surface area contributed by atoms with E-state index in [4.69, 9.17) is 5.73 Å².